The van der Waals surface area contributed by atoms with Crippen LogP contribution in [0.25, 0.3) is 0 Å². The maximum atomic E-state index is 4.92. The monoisotopic (exact) mass is 229 g/mol. The summed E-state index contributed by atoms with van der Waals surface area (Å²) in [5, 5.41) is 0. The van der Waals surface area contributed by atoms with E-state index in [2.05, 4.69) is 9.80 Å². The zero-order chi connectivity index (χ0) is 9.89. The van der Waals surface area contributed by atoms with Crippen LogP contribution in [0.2, 0.25) is 0 Å². The smallest absolute Gasteiger partial charge is 0.411 e. The van der Waals surface area contributed by atoms with Crippen molar-refractivity contribution < 1.29 is 29.6 Å². The van der Waals surface area contributed by atoms with Gasteiger partial charge in [-0.1, -0.05) is 4.32 Å². The Kier molecular flexibility index (Phi) is 9.29. The predicted molar refractivity (Wildman–Crippen MR) is 58.9 cm³/mol. The van der Waals surface area contributed by atoms with Crippen LogP contribution in [0.4, 0.5) is 0 Å². The average Bonchev–Trinajstić information content (AvgIpc) is 1.85. The van der Waals surface area contributed by atoms with Gasteiger partial charge >= 0.3 is 29.6 Å². The normalized spacial score (nSPS) is 10.5. The number of hydrogen-bond acceptors (Lipinski definition) is 4. The molecule has 0 bridgehead atoms. The molecule has 72 valence electrons. The molecule has 0 aromatic rings. The Bertz CT molecular complexity index is 156. The molecule has 13 heavy (non-hydrogen) atoms. The molecule has 0 saturated heterocycles. The largest absolute Gasteiger partial charge is 1.00 e. The number of rotatable bonds is 3. The average molecular weight is 229 g/mol. The van der Waals surface area contributed by atoms with E-state index >= 15 is 0 Å². The van der Waals surface area contributed by atoms with Gasteiger partial charge in [-0.05, 0) is 28.2 Å². The van der Waals surface area contributed by atoms with E-state index < -0.39 is 0 Å². The third-order valence-corrected chi connectivity index (χ3v) is 2.13. The van der Waals surface area contributed by atoms with Gasteiger partial charge in [0.2, 0.25) is 0 Å². The topological polar surface area (TPSA) is 9.72 Å². The molecular weight excluding hydrogens is 213 g/mol. The van der Waals surface area contributed by atoms with E-state index in [9.17, 15) is 0 Å². The minimum atomic E-state index is 0. The zero-order valence-corrected chi connectivity index (χ0v) is 12.9. The van der Waals surface area contributed by atoms with Crippen LogP contribution in [0.3, 0.4) is 0 Å². The summed E-state index contributed by atoms with van der Waals surface area (Å²) in [7, 11) is 9.88. The molecule has 6 heteroatoms. The maximum absolute atomic E-state index is 4.92. The molecule has 0 aromatic carbocycles. The van der Waals surface area contributed by atoms with Crippen molar-refractivity contribution in [1.82, 2.24) is 14.7 Å². The van der Waals surface area contributed by atoms with Gasteiger partial charge in [-0.15, -0.1) is 0 Å². The first-order chi connectivity index (χ1) is 5.37. The van der Waals surface area contributed by atoms with E-state index in [1.807, 2.05) is 40.1 Å². The van der Waals surface area contributed by atoms with Crippen molar-refractivity contribution in [1.29, 1.82) is 0 Å². The van der Waals surface area contributed by atoms with Crippen molar-refractivity contribution in [3.8, 4) is 0 Å². The Morgan fingerprint density at radius 3 is 1.46 bits per heavy atom. The first-order valence-corrected chi connectivity index (χ1v) is 4.46. The summed E-state index contributed by atoms with van der Waals surface area (Å²) in [5.41, 5.74) is 0. The summed E-state index contributed by atoms with van der Waals surface area (Å²) >= 11 is 9.84. The van der Waals surface area contributed by atoms with Gasteiger partial charge < -0.3 is 29.7 Å². The van der Waals surface area contributed by atoms with Crippen LogP contribution in [0, 0.1) is 0 Å². The van der Waals surface area contributed by atoms with Crippen molar-refractivity contribution in [2.75, 3.05) is 35.2 Å². The van der Waals surface area contributed by atoms with Crippen LogP contribution in [-0.4, -0.2) is 60.5 Å². The van der Waals surface area contributed by atoms with Crippen LogP contribution in [0.1, 0.15) is 0 Å². The first-order valence-electron chi connectivity index (χ1n) is 3.64. The molecule has 0 aliphatic rings. The third-order valence-electron chi connectivity index (χ3n) is 1.56. The molecule has 0 aromatic heterocycles. The van der Waals surface area contributed by atoms with E-state index in [1.54, 1.807) is 0 Å². The minimum Gasteiger partial charge on any atom is -0.411 e. The fourth-order valence-corrected chi connectivity index (χ4v) is 1.44. The Hall–Kier alpha value is 1.03. The number of nitrogens with zero attached hydrogens (tertiary/aromatic N) is 3. The van der Waals surface area contributed by atoms with E-state index in [1.165, 1.54) is 0 Å². The van der Waals surface area contributed by atoms with Crippen molar-refractivity contribution >= 4 is 29.2 Å². The van der Waals surface area contributed by atoms with Gasteiger partial charge in [-0.2, -0.15) is 0 Å². The van der Waals surface area contributed by atoms with Gasteiger partial charge in [-0.25, -0.2) is 0 Å². The molecule has 0 aliphatic heterocycles. The SMILES string of the molecule is CN(C)C(N(C)C)N(C)C(=S)[S-].[Na+]. The van der Waals surface area contributed by atoms with Gasteiger partial charge in [0, 0.05) is 7.05 Å². The fraction of sp³-hybridized carbons (Fsp3) is 0.857. The zero-order valence-electron chi connectivity index (χ0n) is 9.24. The molecule has 0 unspecified atom stereocenters. The molecule has 0 rings (SSSR count). The van der Waals surface area contributed by atoms with Crippen LogP contribution in [0.5, 0.6) is 0 Å². The Morgan fingerprint density at radius 2 is 1.38 bits per heavy atom. The van der Waals surface area contributed by atoms with Crippen molar-refractivity contribution in [3.05, 3.63) is 0 Å². The molecule has 0 spiro atoms. The third kappa shape index (κ3) is 5.47. The van der Waals surface area contributed by atoms with Crippen LogP contribution < -0.4 is 29.6 Å². The molecule has 0 fully saturated rings. The van der Waals surface area contributed by atoms with Crippen LogP contribution >= 0.6 is 12.2 Å². The Labute approximate surface area is 114 Å². The summed E-state index contributed by atoms with van der Waals surface area (Å²) in [6.45, 7) is 0. The molecule has 0 aliphatic carbocycles. The maximum Gasteiger partial charge on any atom is 1.00 e. The molecule has 0 amide bonds. The predicted octanol–water partition coefficient (Wildman–Crippen LogP) is -2.84. The van der Waals surface area contributed by atoms with E-state index in [4.69, 9.17) is 24.8 Å². The standard InChI is InChI=1S/C7H17N3S2.Na/c1-8(2)6(9(3)4)10(5)7(11)12;/h6H,1-5H3,(H,11,12);/q;+1/p-1. The number of thiocarbonyl (C=S) groups is 1. The van der Waals surface area contributed by atoms with Gasteiger partial charge in [0.25, 0.3) is 0 Å². The van der Waals surface area contributed by atoms with E-state index in [0.29, 0.717) is 4.32 Å². The summed E-state index contributed by atoms with van der Waals surface area (Å²) in [5.74, 6) is 0. The number of hydrogen-bond donors (Lipinski definition) is 0. The van der Waals surface area contributed by atoms with Gasteiger partial charge in [0.15, 0.2) is 0 Å². The van der Waals surface area contributed by atoms with Gasteiger partial charge in [0.05, 0.1) is 0 Å². The minimum absolute atomic E-state index is 0. The molecule has 0 N–H and O–H groups in total. The quantitative estimate of drug-likeness (QED) is 0.223. The molecule has 0 saturated carbocycles. The van der Waals surface area contributed by atoms with Gasteiger partial charge in [0.1, 0.15) is 6.29 Å². The molecular formula is C7H16N3NaS2. The Balaban J connectivity index is 0. The summed E-state index contributed by atoms with van der Waals surface area (Å²) in [4.78, 5) is 5.99. The molecule has 0 heterocycles. The van der Waals surface area contributed by atoms with Crippen LogP contribution in [-0.2, 0) is 12.6 Å². The molecule has 3 nitrogen and oxygen atoms in total. The fourth-order valence-electron chi connectivity index (χ4n) is 1.25. The van der Waals surface area contributed by atoms with Crippen molar-refractivity contribution in [2.45, 2.75) is 6.29 Å². The second-order valence-corrected chi connectivity index (χ2v) is 4.18. The van der Waals surface area contributed by atoms with Crippen molar-refractivity contribution in [2.24, 2.45) is 0 Å². The summed E-state index contributed by atoms with van der Waals surface area (Å²) in [6, 6.07) is 0. The van der Waals surface area contributed by atoms with E-state index in [-0.39, 0.29) is 35.8 Å². The Morgan fingerprint density at radius 1 is 1.08 bits per heavy atom. The van der Waals surface area contributed by atoms with E-state index in [0.717, 1.165) is 0 Å². The van der Waals surface area contributed by atoms with Crippen molar-refractivity contribution in [3.63, 3.8) is 0 Å². The van der Waals surface area contributed by atoms with Crippen LogP contribution in [0.15, 0.2) is 0 Å². The molecule has 0 atom stereocenters. The first kappa shape index (κ1) is 16.5. The second kappa shape index (κ2) is 7.34. The van der Waals surface area contributed by atoms with Gasteiger partial charge in [-0.3, -0.25) is 9.80 Å². The summed E-state index contributed by atoms with van der Waals surface area (Å²) in [6.07, 6.45) is 0.134. The second-order valence-electron chi connectivity index (χ2n) is 3.15. The molecule has 0 radical (unpaired) electrons. The summed E-state index contributed by atoms with van der Waals surface area (Å²) < 4.78 is 0.488.